The summed E-state index contributed by atoms with van der Waals surface area (Å²) >= 11 is 0. The van der Waals surface area contributed by atoms with E-state index in [-0.39, 0.29) is 11.9 Å². The van der Waals surface area contributed by atoms with Crippen molar-refractivity contribution in [3.63, 3.8) is 0 Å². The van der Waals surface area contributed by atoms with Gasteiger partial charge in [0, 0.05) is 37.8 Å². The van der Waals surface area contributed by atoms with Gasteiger partial charge in [0.2, 0.25) is 0 Å². The van der Waals surface area contributed by atoms with Gasteiger partial charge in [-0.15, -0.1) is 0 Å². The molecule has 2 atom stereocenters. The Kier molecular flexibility index (Phi) is 5.95. The summed E-state index contributed by atoms with van der Waals surface area (Å²) < 4.78 is 19.2. The molecule has 2 rings (SSSR count). The Bertz CT molecular complexity index is 407. The maximum absolute atomic E-state index is 14.0. The predicted octanol–water partition coefficient (Wildman–Crippen LogP) is 2.59. The number of hydrogen-bond donors (Lipinski definition) is 1. The van der Waals surface area contributed by atoms with Crippen molar-refractivity contribution >= 4 is 0 Å². The highest BCUT2D eigenvalue weighted by Gasteiger charge is 2.23. The SMILES string of the molecule is COCCN(CC1CCCN1)C(C)c1ccccc1F. The molecule has 0 amide bonds. The van der Waals surface area contributed by atoms with Crippen LogP contribution in [0.3, 0.4) is 0 Å². The van der Waals surface area contributed by atoms with Crippen LogP contribution < -0.4 is 5.32 Å². The van der Waals surface area contributed by atoms with Crippen LogP contribution in [0.2, 0.25) is 0 Å². The van der Waals surface area contributed by atoms with E-state index in [2.05, 4.69) is 17.1 Å². The Hall–Kier alpha value is -0.970. The van der Waals surface area contributed by atoms with E-state index >= 15 is 0 Å². The zero-order valence-corrected chi connectivity index (χ0v) is 12.4. The average molecular weight is 280 g/mol. The van der Waals surface area contributed by atoms with Crippen molar-refractivity contribution in [1.29, 1.82) is 0 Å². The third-order valence-corrected chi connectivity index (χ3v) is 4.10. The Morgan fingerprint density at radius 1 is 1.45 bits per heavy atom. The standard InChI is InChI=1S/C16H25FN2O/c1-13(15-7-3-4-8-16(15)17)19(10-11-20-2)12-14-6-5-9-18-14/h3-4,7-8,13-14,18H,5-6,9-12H2,1-2H3. The first-order valence-electron chi connectivity index (χ1n) is 7.43. The van der Waals surface area contributed by atoms with Gasteiger partial charge in [-0.3, -0.25) is 4.90 Å². The van der Waals surface area contributed by atoms with Crippen molar-refractivity contribution < 1.29 is 9.13 Å². The largest absolute Gasteiger partial charge is 0.383 e. The molecule has 1 N–H and O–H groups in total. The van der Waals surface area contributed by atoms with E-state index in [0.29, 0.717) is 12.6 Å². The first-order valence-corrected chi connectivity index (χ1v) is 7.43. The Morgan fingerprint density at radius 3 is 2.90 bits per heavy atom. The van der Waals surface area contributed by atoms with Crippen LogP contribution >= 0.6 is 0 Å². The molecular weight excluding hydrogens is 255 g/mol. The smallest absolute Gasteiger partial charge is 0.127 e. The number of rotatable bonds is 7. The minimum atomic E-state index is -0.123. The molecule has 1 saturated heterocycles. The number of nitrogens with zero attached hydrogens (tertiary/aromatic N) is 1. The lowest BCUT2D eigenvalue weighted by Gasteiger charge is -2.31. The molecule has 20 heavy (non-hydrogen) atoms. The summed E-state index contributed by atoms with van der Waals surface area (Å²) in [7, 11) is 1.71. The molecule has 1 fully saturated rings. The summed E-state index contributed by atoms with van der Waals surface area (Å²) in [6.45, 7) is 5.61. The normalized spacial score (nSPS) is 20.5. The molecule has 4 heteroatoms. The van der Waals surface area contributed by atoms with Crippen LogP contribution in [0, 0.1) is 5.82 Å². The molecule has 0 aliphatic carbocycles. The van der Waals surface area contributed by atoms with Gasteiger partial charge in [0.05, 0.1) is 6.61 Å². The van der Waals surface area contributed by atoms with Crippen LogP contribution in [0.25, 0.3) is 0 Å². The maximum Gasteiger partial charge on any atom is 0.127 e. The average Bonchev–Trinajstić information content (AvgIpc) is 2.96. The number of ether oxygens (including phenoxy) is 1. The number of nitrogens with one attached hydrogen (secondary N) is 1. The second kappa shape index (κ2) is 7.72. The van der Waals surface area contributed by atoms with Gasteiger partial charge in [0.25, 0.3) is 0 Å². The first kappa shape index (κ1) is 15.4. The van der Waals surface area contributed by atoms with E-state index in [1.807, 2.05) is 12.1 Å². The highest BCUT2D eigenvalue weighted by molar-refractivity contribution is 5.20. The summed E-state index contributed by atoms with van der Waals surface area (Å²) in [5.74, 6) is -0.123. The van der Waals surface area contributed by atoms with Gasteiger partial charge in [-0.05, 0) is 32.4 Å². The van der Waals surface area contributed by atoms with Crippen LogP contribution in [0.4, 0.5) is 4.39 Å². The lowest BCUT2D eigenvalue weighted by atomic mass is 10.1. The van der Waals surface area contributed by atoms with Gasteiger partial charge in [0.15, 0.2) is 0 Å². The minimum Gasteiger partial charge on any atom is -0.383 e. The fourth-order valence-corrected chi connectivity index (χ4v) is 2.86. The zero-order chi connectivity index (χ0) is 14.4. The van der Waals surface area contributed by atoms with Crippen molar-refractivity contribution in [2.24, 2.45) is 0 Å². The van der Waals surface area contributed by atoms with Crippen molar-refractivity contribution in [2.75, 3.05) is 33.4 Å². The second-order valence-corrected chi connectivity index (χ2v) is 5.48. The molecule has 1 aliphatic heterocycles. The van der Waals surface area contributed by atoms with Crippen LogP contribution in [0.5, 0.6) is 0 Å². The molecule has 0 radical (unpaired) electrons. The van der Waals surface area contributed by atoms with E-state index in [0.717, 1.165) is 25.2 Å². The van der Waals surface area contributed by atoms with Crippen molar-refractivity contribution in [3.8, 4) is 0 Å². The molecule has 1 aliphatic rings. The van der Waals surface area contributed by atoms with E-state index < -0.39 is 0 Å². The maximum atomic E-state index is 14.0. The van der Waals surface area contributed by atoms with Crippen molar-refractivity contribution in [2.45, 2.75) is 31.8 Å². The quantitative estimate of drug-likeness (QED) is 0.831. The molecule has 0 aromatic heterocycles. The summed E-state index contributed by atoms with van der Waals surface area (Å²) in [4.78, 5) is 2.31. The van der Waals surface area contributed by atoms with Gasteiger partial charge >= 0.3 is 0 Å². The molecule has 0 spiro atoms. The molecular formula is C16H25FN2O. The van der Waals surface area contributed by atoms with Crippen LogP contribution in [-0.2, 0) is 4.74 Å². The lowest BCUT2D eigenvalue weighted by molar-refractivity contribution is 0.116. The zero-order valence-electron chi connectivity index (χ0n) is 12.4. The van der Waals surface area contributed by atoms with Crippen LogP contribution in [-0.4, -0.2) is 44.3 Å². The van der Waals surface area contributed by atoms with Crippen LogP contribution in [0.1, 0.15) is 31.4 Å². The van der Waals surface area contributed by atoms with E-state index in [1.54, 1.807) is 13.2 Å². The molecule has 0 saturated carbocycles. The monoisotopic (exact) mass is 280 g/mol. The summed E-state index contributed by atoms with van der Waals surface area (Å²) in [5, 5.41) is 3.51. The topological polar surface area (TPSA) is 24.5 Å². The minimum absolute atomic E-state index is 0.0637. The fourth-order valence-electron chi connectivity index (χ4n) is 2.86. The third-order valence-electron chi connectivity index (χ3n) is 4.10. The number of halogens is 1. The summed E-state index contributed by atoms with van der Waals surface area (Å²) in [5.41, 5.74) is 0.765. The molecule has 0 bridgehead atoms. The Balaban J connectivity index is 2.06. The first-order chi connectivity index (χ1) is 9.72. The second-order valence-electron chi connectivity index (χ2n) is 5.48. The summed E-state index contributed by atoms with van der Waals surface area (Å²) in [6.07, 6.45) is 2.43. The highest BCUT2D eigenvalue weighted by atomic mass is 19.1. The number of methoxy groups -OCH3 is 1. The molecule has 1 heterocycles. The van der Waals surface area contributed by atoms with E-state index in [9.17, 15) is 4.39 Å². The molecule has 1 aromatic carbocycles. The summed E-state index contributed by atoms with van der Waals surface area (Å²) in [6, 6.07) is 7.63. The molecule has 1 aromatic rings. The van der Waals surface area contributed by atoms with Crippen LogP contribution in [0.15, 0.2) is 24.3 Å². The lowest BCUT2D eigenvalue weighted by Crippen LogP contribution is -2.40. The number of benzene rings is 1. The van der Waals surface area contributed by atoms with E-state index in [4.69, 9.17) is 4.74 Å². The Morgan fingerprint density at radius 2 is 2.25 bits per heavy atom. The Labute approximate surface area is 121 Å². The van der Waals surface area contributed by atoms with E-state index in [1.165, 1.54) is 18.9 Å². The molecule has 2 unspecified atom stereocenters. The molecule has 112 valence electrons. The number of hydrogen-bond acceptors (Lipinski definition) is 3. The molecule has 3 nitrogen and oxygen atoms in total. The van der Waals surface area contributed by atoms with Gasteiger partial charge in [-0.2, -0.15) is 0 Å². The van der Waals surface area contributed by atoms with Gasteiger partial charge in [-0.25, -0.2) is 4.39 Å². The van der Waals surface area contributed by atoms with Crippen molar-refractivity contribution in [1.82, 2.24) is 10.2 Å². The fraction of sp³-hybridized carbons (Fsp3) is 0.625. The highest BCUT2D eigenvalue weighted by Crippen LogP contribution is 2.23. The third kappa shape index (κ3) is 4.01. The predicted molar refractivity (Wildman–Crippen MR) is 79.3 cm³/mol. The van der Waals surface area contributed by atoms with Gasteiger partial charge < -0.3 is 10.1 Å². The van der Waals surface area contributed by atoms with Gasteiger partial charge in [0.1, 0.15) is 5.82 Å². The van der Waals surface area contributed by atoms with Gasteiger partial charge in [-0.1, -0.05) is 18.2 Å². The van der Waals surface area contributed by atoms with Crippen molar-refractivity contribution in [3.05, 3.63) is 35.6 Å².